The highest BCUT2D eigenvalue weighted by molar-refractivity contribution is 7.15. The highest BCUT2D eigenvalue weighted by atomic mass is 32.1. The molecule has 0 radical (unpaired) electrons. The van der Waals surface area contributed by atoms with E-state index in [4.69, 9.17) is 42.3 Å². The molecule has 3 rings (SSSR count). The fourth-order valence-electron chi connectivity index (χ4n) is 4.82. The Bertz CT molecular complexity index is 1410. The normalized spacial score (nSPS) is 27.3. The lowest BCUT2D eigenvalue weighted by molar-refractivity contribution is -0.380. The molecule has 0 bridgehead atoms. The molecule has 0 amide bonds. The first-order chi connectivity index (χ1) is 22.7. The number of nitrogens with zero attached hydrogens (tertiary/aromatic N) is 1. The first-order valence-corrected chi connectivity index (χ1v) is 19.3. The standard InChI is InChI=1S/C31H45NO15SSi/c1-11-39-24-14-20(47-49(9,10)31(6,7)8)25(27(45-24)22-12-13-23(48-22)32(37)38)46-30-29(43-19(5)36)28(42-18(4)35)26(41-17(3)34)21(44-30)15-40-16(2)33/h12-14,21,24-30H,11,15H2,1-10H3/t21-,24+,25+,26-,27+,28+,29-,30+/m1/s1. The van der Waals surface area contributed by atoms with Crippen molar-refractivity contribution in [3.8, 4) is 0 Å². The van der Waals surface area contributed by atoms with Crippen LogP contribution in [0.2, 0.25) is 18.1 Å². The van der Waals surface area contributed by atoms with Crippen LogP contribution in [0, 0.1) is 10.1 Å². The second-order valence-electron chi connectivity index (χ2n) is 12.9. The van der Waals surface area contributed by atoms with Gasteiger partial charge in [0.1, 0.15) is 30.7 Å². The summed E-state index contributed by atoms with van der Waals surface area (Å²) in [5.41, 5.74) is 0. The van der Waals surface area contributed by atoms with Crippen LogP contribution in [0.4, 0.5) is 5.00 Å². The Morgan fingerprint density at radius 2 is 1.51 bits per heavy atom. The topological polar surface area (TPSA) is 194 Å². The molecular formula is C31H45NO15SSi. The van der Waals surface area contributed by atoms with Crippen molar-refractivity contribution in [3.05, 3.63) is 39.0 Å². The van der Waals surface area contributed by atoms with Crippen molar-refractivity contribution < 1.29 is 66.4 Å². The highest BCUT2D eigenvalue weighted by Crippen LogP contribution is 2.45. The predicted octanol–water partition coefficient (Wildman–Crippen LogP) is 4.46. The van der Waals surface area contributed by atoms with Crippen molar-refractivity contribution in [3.63, 3.8) is 0 Å². The van der Waals surface area contributed by atoms with Crippen molar-refractivity contribution in [2.75, 3.05) is 13.2 Å². The van der Waals surface area contributed by atoms with E-state index in [0.29, 0.717) is 4.88 Å². The van der Waals surface area contributed by atoms with Crippen molar-refractivity contribution in [1.29, 1.82) is 0 Å². The zero-order valence-electron chi connectivity index (χ0n) is 29.2. The maximum Gasteiger partial charge on any atom is 0.324 e. The van der Waals surface area contributed by atoms with Gasteiger partial charge in [-0.05, 0) is 31.1 Å². The molecule has 49 heavy (non-hydrogen) atoms. The Balaban J connectivity index is 2.22. The van der Waals surface area contributed by atoms with Crippen LogP contribution >= 0.6 is 11.3 Å². The summed E-state index contributed by atoms with van der Waals surface area (Å²) in [6.45, 7) is 16.2. The molecule has 0 N–H and O–H groups in total. The summed E-state index contributed by atoms with van der Waals surface area (Å²) in [6.07, 6.45) is -8.90. The van der Waals surface area contributed by atoms with Gasteiger partial charge in [-0.1, -0.05) is 32.1 Å². The van der Waals surface area contributed by atoms with Crippen LogP contribution in [-0.2, 0) is 61.5 Å². The zero-order valence-corrected chi connectivity index (χ0v) is 31.1. The highest BCUT2D eigenvalue weighted by Gasteiger charge is 2.55. The Labute approximate surface area is 289 Å². The van der Waals surface area contributed by atoms with Gasteiger partial charge >= 0.3 is 28.9 Å². The molecule has 1 aromatic heterocycles. The van der Waals surface area contributed by atoms with Crippen LogP contribution in [0.1, 0.15) is 66.4 Å². The largest absolute Gasteiger partial charge is 0.545 e. The van der Waals surface area contributed by atoms with E-state index in [9.17, 15) is 29.3 Å². The van der Waals surface area contributed by atoms with Gasteiger partial charge in [0.15, 0.2) is 30.9 Å². The third-order valence-corrected chi connectivity index (χ3v) is 13.4. The number of esters is 4. The van der Waals surface area contributed by atoms with E-state index in [1.54, 1.807) is 13.0 Å². The van der Waals surface area contributed by atoms with Crippen LogP contribution in [0.15, 0.2) is 24.0 Å². The van der Waals surface area contributed by atoms with E-state index in [1.165, 1.54) is 12.1 Å². The third kappa shape index (κ3) is 10.5. The van der Waals surface area contributed by atoms with Gasteiger partial charge in [-0.25, -0.2) is 0 Å². The molecule has 1 saturated heterocycles. The maximum absolute atomic E-state index is 12.5. The molecule has 18 heteroatoms. The van der Waals surface area contributed by atoms with Gasteiger partial charge in [0.05, 0.1) is 4.92 Å². The van der Waals surface area contributed by atoms with Crippen LogP contribution in [0.3, 0.4) is 0 Å². The predicted molar refractivity (Wildman–Crippen MR) is 173 cm³/mol. The monoisotopic (exact) mass is 731 g/mol. The summed E-state index contributed by atoms with van der Waals surface area (Å²) >= 11 is 0.857. The summed E-state index contributed by atoms with van der Waals surface area (Å²) in [7, 11) is -2.62. The number of thiophene rings is 1. The average Bonchev–Trinajstić information content (AvgIpc) is 3.45. The second kappa shape index (κ2) is 16.5. The molecule has 2 aliphatic rings. The quantitative estimate of drug-likeness (QED) is 0.0906. The average molecular weight is 732 g/mol. The van der Waals surface area contributed by atoms with Gasteiger partial charge in [-0.2, -0.15) is 0 Å². The molecule has 3 heterocycles. The van der Waals surface area contributed by atoms with Crippen LogP contribution < -0.4 is 0 Å². The van der Waals surface area contributed by atoms with Crippen LogP contribution in [-0.4, -0.2) is 93.4 Å². The van der Waals surface area contributed by atoms with Crippen molar-refractivity contribution in [1.82, 2.24) is 0 Å². The fourth-order valence-corrected chi connectivity index (χ4v) is 6.78. The second-order valence-corrected chi connectivity index (χ2v) is 18.7. The molecule has 0 spiro atoms. The number of carbonyl (C=O) groups is 4. The molecule has 0 aliphatic carbocycles. The summed E-state index contributed by atoms with van der Waals surface area (Å²) < 4.78 is 53.5. The third-order valence-electron chi connectivity index (χ3n) is 7.95. The molecule has 0 aromatic carbocycles. The first kappa shape index (κ1) is 40.0. The molecule has 0 unspecified atom stereocenters. The lowest BCUT2D eigenvalue weighted by Crippen LogP contribution is -2.63. The van der Waals surface area contributed by atoms with Gasteiger partial charge in [-0.15, -0.1) is 0 Å². The Morgan fingerprint density at radius 1 is 0.918 bits per heavy atom. The fraction of sp³-hybridized carbons (Fsp3) is 0.677. The lowest BCUT2D eigenvalue weighted by atomic mass is 9.97. The first-order valence-electron chi connectivity index (χ1n) is 15.6. The number of ether oxygens (including phenoxy) is 8. The van der Waals surface area contributed by atoms with Crippen molar-refractivity contribution >= 4 is 48.5 Å². The SMILES string of the molecule is CCO[C@@H]1C=C(O[Si](C)(C)C(C)(C)C)[C@H](O[C@@H]2O[C@H](COC(C)=O)[C@@H](OC(C)=O)[C@H](OC(C)=O)[C@H]2OC(C)=O)[C@H](c2ccc([N+](=O)[O-])s2)O1. The molecule has 0 saturated carbocycles. The summed E-state index contributed by atoms with van der Waals surface area (Å²) in [6, 6.07) is 2.85. The zero-order chi connectivity index (χ0) is 36.8. The van der Waals surface area contributed by atoms with E-state index < -0.39 is 92.9 Å². The minimum Gasteiger partial charge on any atom is -0.545 e. The van der Waals surface area contributed by atoms with Gasteiger partial charge in [0.2, 0.25) is 8.32 Å². The van der Waals surface area contributed by atoms with E-state index >= 15 is 0 Å². The number of hydrogen-bond acceptors (Lipinski definition) is 16. The van der Waals surface area contributed by atoms with Gasteiger partial charge in [0.25, 0.3) is 0 Å². The molecule has 2 aliphatic heterocycles. The summed E-state index contributed by atoms with van der Waals surface area (Å²) in [4.78, 5) is 60.3. The Hall–Kier alpha value is -3.42. The molecule has 1 fully saturated rings. The molecule has 1 aromatic rings. The van der Waals surface area contributed by atoms with Crippen molar-refractivity contribution in [2.45, 2.75) is 123 Å². The van der Waals surface area contributed by atoms with Gasteiger partial charge < -0.3 is 42.3 Å². The van der Waals surface area contributed by atoms with E-state index in [-0.39, 0.29) is 22.4 Å². The van der Waals surface area contributed by atoms with E-state index in [2.05, 4.69) is 0 Å². The van der Waals surface area contributed by atoms with Gasteiger partial charge in [-0.3, -0.25) is 29.3 Å². The van der Waals surface area contributed by atoms with E-state index in [1.807, 2.05) is 33.9 Å². The molecule has 16 nitrogen and oxygen atoms in total. The van der Waals surface area contributed by atoms with E-state index in [0.717, 1.165) is 39.0 Å². The number of hydrogen-bond donors (Lipinski definition) is 0. The number of carbonyl (C=O) groups excluding carboxylic acids is 4. The molecular weight excluding hydrogens is 686 g/mol. The lowest BCUT2D eigenvalue weighted by Gasteiger charge is -2.47. The van der Waals surface area contributed by atoms with Crippen LogP contribution in [0.5, 0.6) is 0 Å². The minimum atomic E-state index is -2.62. The molecule has 274 valence electrons. The van der Waals surface area contributed by atoms with Crippen molar-refractivity contribution in [2.24, 2.45) is 0 Å². The Kier molecular flexibility index (Phi) is 13.5. The maximum atomic E-state index is 12.5. The summed E-state index contributed by atoms with van der Waals surface area (Å²) in [5.74, 6) is -2.81. The number of nitro groups is 1. The molecule has 8 atom stereocenters. The Morgan fingerprint density at radius 3 is 2.02 bits per heavy atom. The van der Waals surface area contributed by atoms with Gasteiger partial charge in [0, 0.05) is 51.3 Å². The van der Waals surface area contributed by atoms with Crippen LogP contribution in [0.25, 0.3) is 0 Å². The summed E-state index contributed by atoms with van der Waals surface area (Å²) in [5, 5.41) is 11.2. The number of rotatable bonds is 13. The minimum absolute atomic E-state index is 0.154. The smallest absolute Gasteiger partial charge is 0.324 e.